The maximum Gasteiger partial charge on any atom is 0.255 e. The molecule has 3 aromatic rings. The van der Waals surface area contributed by atoms with E-state index in [4.69, 9.17) is 4.74 Å². The maximum absolute atomic E-state index is 14.4. The van der Waals surface area contributed by atoms with E-state index in [9.17, 15) is 18.8 Å². The Morgan fingerprint density at radius 1 is 0.976 bits per heavy atom. The monoisotopic (exact) mass is 556 g/mol. The molecule has 3 aliphatic heterocycles. The summed E-state index contributed by atoms with van der Waals surface area (Å²) in [5.41, 5.74) is 3.19. The van der Waals surface area contributed by atoms with Crippen LogP contribution in [-0.2, 0) is 29.2 Å². The molecule has 9 heteroatoms. The molecule has 0 spiro atoms. The third kappa shape index (κ3) is 6.01. The fraction of sp³-hybridized carbons (Fsp3) is 0.344. The number of carbonyl (C=O) groups excluding carboxylic acids is 3. The van der Waals surface area contributed by atoms with Crippen LogP contribution in [0.1, 0.15) is 46.3 Å². The fourth-order valence-corrected chi connectivity index (χ4v) is 5.99. The van der Waals surface area contributed by atoms with Crippen molar-refractivity contribution in [2.24, 2.45) is 0 Å². The molecule has 8 nitrogen and oxygen atoms in total. The van der Waals surface area contributed by atoms with Crippen LogP contribution in [0.15, 0.2) is 72.8 Å². The zero-order chi connectivity index (χ0) is 28.3. The Balaban J connectivity index is 1.18. The molecule has 3 amide bonds. The van der Waals surface area contributed by atoms with E-state index < -0.39 is 11.9 Å². The minimum absolute atomic E-state index is 0.0712. The van der Waals surface area contributed by atoms with Crippen molar-refractivity contribution < 1.29 is 23.5 Å². The van der Waals surface area contributed by atoms with Gasteiger partial charge >= 0.3 is 0 Å². The second kappa shape index (κ2) is 11.8. The average Bonchev–Trinajstić information content (AvgIpc) is 3.29. The van der Waals surface area contributed by atoms with Crippen LogP contribution in [0.3, 0.4) is 0 Å². The molecule has 0 saturated carbocycles. The molecule has 2 saturated heterocycles. The summed E-state index contributed by atoms with van der Waals surface area (Å²) in [4.78, 5) is 40.9. The van der Waals surface area contributed by atoms with E-state index in [0.717, 1.165) is 18.5 Å². The Morgan fingerprint density at radius 2 is 1.78 bits per heavy atom. The first kappa shape index (κ1) is 27.1. The lowest BCUT2D eigenvalue weighted by molar-refractivity contribution is -0.136. The molecule has 0 aromatic heterocycles. The predicted molar refractivity (Wildman–Crippen MR) is 150 cm³/mol. The molecule has 6 rings (SSSR count). The highest BCUT2D eigenvalue weighted by atomic mass is 19.1. The van der Waals surface area contributed by atoms with Crippen molar-refractivity contribution in [2.45, 2.75) is 57.1 Å². The van der Waals surface area contributed by atoms with Gasteiger partial charge in [-0.1, -0.05) is 48.5 Å². The number of piperidine rings is 2. The molecule has 2 N–H and O–H groups in total. The van der Waals surface area contributed by atoms with Crippen molar-refractivity contribution in [3.8, 4) is 5.75 Å². The lowest BCUT2D eigenvalue weighted by Crippen LogP contribution is -2.54. The van der Waals surface area contributed by atoms with Crippen molar-refractivity contribution in [3.63, 3.8) is 0 Å². The van der Waals surface area contributed by atoms with Gasteiger partial charge in [0.25, 0.3) is 5.91 Å². The van der Waals surface area contributed by atoms with Crippen LogP contribution in [0.5, 0.6) is 5.75 Å². The second-order valence-electron chi connectivity index (χ2n) is 11.0. The van der Waals surface area contributed by atoms with E-state index in [1.165, 1.54) is 16.5 Å². The number of nitrogens with zero attached hydrogens (tertiary/aromatic N) is 2. The molecule has 2 fully saturated rings. The first-order valence-electron chi connectivity index (χ1n) is 14.1. The summed E-state index contributed by atoms with van der Waals surface area (Å²) in [6.45, 7) is 2.91. The van der Waals surface area contributed by atoms with Crippen molar-refractivity contribution in [1.82, 2.24) is 20.4 Å². The van der Waals surface area contributed by atoms with Gasteiger partial charge in [0.15, 0.2) is 0 Å². The third-order valence-electron chi connectivity index (χ3n) is 8.19. The van der Waals surface area contributed by atoms with Gasteiger partial charge < -0.3 is 15.0 Å². The highest BCUT2D eigenvalue weighted by Gasteiger charge is 2.39. The fourth-order valence-electron chi connectivity index (χ4n) is 5.99. The van der Waals surface area contributed by atoms with Crippen LogP contribution >= 0.6 is 0 Å². The second-order valence-corrected chi connectivity index (χ2v) is 11.0. The Hall–Kier alpha value is -4.08. The molecule has 3 aromatic carbocycles. The number of carbonyl (C=O) groups is 3. The number of amides is 3. The maximum atomic E-state index is 14.4. The summed E-state index contributed by atoms with van der Waals surface area (Å²) < 4.78 is 21.0. The highest BCUT2D eigenvalue weighted by molar-refractivity contribution is 6.05. The quantitative estimate of drug-likeness (QED) is 0.414. The summed E-state index contributed by atoms with van der Waals surface area (Å²) in [7, 11) is 0. The summed E-state index contributed by atoms with van der Waals surface area (Å²) in [5, 5.41) is 6.00. The first-order chi connectivity index (χ1) is 19.9. The van der Waals surface area contributed by atoms with Crippen LogP contribution in [0.4, 0.5) is 4.39 Å². The normalized spacial score (nSPS) is 22.9. The van der Waals surface area contributed by atoms with E-state index in [0.29, 0.717) is 42.9 Å². The van der Waals surface area contributed by atoms with Gasteiger partial charge in [-0.15, -0.1) is 0 Å². The van der Waals surface area contributed by atoms with Crippen LogP contribution in [0.25, 0.3) is 0 Å². The molecule has 0 radical (unpaired) electrons. The van der Waals surface area contributed by atoms with Gasteiger partial charge in [-0.05, 0) is 48.2 Å². The molecule has 212 valence electrons. The first-order valence-corrected chi connectivity index (χ1v) is 14.1. The SMILES string of the molecule is O=C1CCC(N2Cc3cc(OC4CN(Cc5ccccc5F)CCC4NCc4ccccc4)ccc3C2=O)C(=O)N1. The molecular weight excluding hydrogens is 523 g/mol. The van der Waals surface area contributed by atoms with Gasteiger partial charge in [-0.25, -0.2) is 4.39 Å². The van der Waals surface area contributed by atoms with Crippen LogP contribution < -0.4 is 15.4 Å². The molecule has 3 aliphatic rings. The number of hydrogen-bond donors (Lipinski definition) is 2. The molecule has 41 heavy (non-hydrogen) atoms. The predicted octanol–water partition coefficient (Wildman–Crippen LogP) is 3.40. The highest BCUT2D eigenvalue weighted by Crippen LogP contribution is 2.31. The van der Waals surface area contributed by atoms with Gasteiger partial charge in [0.2, 0.25) is 11.8 Å². The van der Waals surface area contributed by atoms with Crippen LogP contribution in [0.2, 0.25) is 0 Å². The Kier molecular flexibility index (Phi) is 7.80. The number of halogens is 1. The summed E-state index contributed by atoms with van der Waals surface area (Å²) >= 11 is 0. The largest absolute Gasteiger partial charge is 0.487 e. The number of rotatable bonds is 8. The minimum atomic E-state index is -0.658. The van der Waals surface area contributed by atoms with Gasteiger partial charge in [0.1, 0.15) is 23.7 Å². The molecule has 0 bridgehead atoms. The number of nitrogens with one attached hydrogen (secondary N) is 2. The molecule has 3 atom stereocenters. The molecular formula is C32H33FN4O4. The van der Waals surface area contributed by atoms with Crippen molar-refractivity contribution in [3.05, 3.63) is 101 Å². The standard InChI is InChI=1S/C32H33FN4O4/c33-26-9-5-4-8-22(26)18-36-15-14-27(34-17-21-6-2-1-3-7-21)29(20-36)41-24-10-11-25-23(16-24)19-37(32(25)40)28-12-13-30(38)35-31(28)39/h1-11,16,27-29,34H,12-15,17-20H2,(H,35,38,39). The zero-order valence-corrected chi connectivity index (χ0v) is 22.7. The Bertz CT molecular complexity index is 1450. The number of benzene rings is 3. The van der Waals surface area contributed by atoms with E-state index in [-0.39, 0.29) is 42.7 Å². The topological polar surface area (TPSA) is 91.0 Å². The van der Waals surface area contributed by atoms with E-state index in [2.05, 4.69) is 27.7 Å². The number of hydrogen-bond acceptors (Lipinski definition) is 6. The summed E-state index contributed by atoms with van der Waals surface area (Å²) in [6.07, 6.45) is 1.16. The summed E-state index contributed by atoms with van der Waals surface area (Å²) in [5.74, 6) is -0.511. The van der Waals surface area contributed by atoms with Gasteiger partial charge in [0, 0.05) is 56.3 Å². The number of ether oxygens (including phenoxy) is 1. The Morgan fingerprint density at radius 3 is 2.59 bits per heavy atom. The summed E-state index contributed by atoms with van der Waals surface area (Å²) in [6, 6.07) is 21.9. The lowest BCUT2D eigenvalue weighted by Gasteiger charge is -2.39. The van der Waals surface area contributed by atoms with Crippen LogP contribution in [0, 0.1) is 5.82 Å². The average molecular weight is 557 g/mol. The van der Waals surface area contributed by atoms with Crippen molar-refractivity contribution in [2.75, 3.05) is 13.1 Å². The van der Waals surface area contributed by atoms with E-state index >= 15 is 0 Å². The Labute approximate surface area is 238 Å². The lowest BCUT2D eigenvalue weighted by atomic mass is 10.00. The van der Waals surface area contributed by atoms with E-state index in [1.807, 2.05) is 36.4 Å². The van der Waals surface area contributed by atoms with Gasteiger partial charge in [0.05, 0.1) is 0 Å². The molecule has 3 heterocycles. The number of imide groups is 1. The molecule has 0 aliphatic carbocycles. The van der Waals surface area contributed by atoms with Crippen molar-refractivity contribution >= 4 is 17.7 Å². The van der Waals surface area contributed by atoms with Gasteiger partial charge in [-0.3, -0.25) is 24.6 Å². The van der Waals surface area contributed by atoms with Crippen LogP contribution in [-0.4, -0.2) is 58.8 Å². The number of likely N-dealkylation sites (tertiary alicyclic amines) is 1. The van der Waals surface area contributed by atoms with Gasteiger partial charge in [-0.2, -0.15) is 0 Å². The zero-order valence-electron chi connectivity index (χ0n) is 22.7. The number of fused-ring (bicyclic) bond motifs is 1. The minimum Gasteiger partial charge on any atom is -0.487 e. The molecule has 3 unspecified atom stereocenters. The van der Waals surface area contributed by atoms with E-state index in [1.54, 1.807) is 18.2 Å². The van der Waals surface area contributed by atoms with Crippen molar-refractivity contribution in [1.29, 1.82) is 0 Å². The smallest absolute Gasteiger partial charge is 0.255 e. The third-order valence-corrected chi connectivity index (χ3v) is 8.19.